The number of hydrogen-bond donors (Lipinski definition) is 0. The lowest BCUT2D eigenvalue weighted by Crippen LogP contribution is -2.42. The van der Waals surface area contributed by atoms with Gasteiger partial charge in [0.15, 0.2) is 0 Å². The van der Waals surface area contributed by atoms with Crippen LogP contribution in [0.5, 0.6) is 0 Å². The molecule has 8 heteroatoms. The molecule has 4 rings (SSSR count). The number of aromatic nitrogens is 2. The molecule has 0 fully saturated rings. The first-order valence-corrected chi connectivity index (χ1v) is 11.5. The summed E-state index contributed by atoms with van der Waals surface area (Å²) in [5.74, 6) is -0.468. The van der Waals surface area contributed by atoms with Crippen LogP contribution in [-0.4, -0.2) is 33.2 Å². The van der Waals surface area contributed by atoms with Gasteiger partial charge in [-0.3, -0.25) is 18.8 Å². The Morgan fingerprint density at radius 3 is 2.61 bits per heavy atom. The van der Waals surface area contributed by atoms with Crippen molar-refractivity contribution in [1.29, 1.82) is 0 Å². The van der Waals surface area contributed by atoms with Crippen molar-refractivity contribution in [3.63, 3.8) is 0 Å². The van der Waals surface area contributed by atoms with Crippen LogP contribution in [-0.2, 0) is 35.6 Å². The van der Waals surface area contributed by atoms with E-state index in [-0.39, 0.29) is 18.7 Å². The van der Waals surface area contributed by atoms with Gasteiger partial charge in [0, 0.05) is 31.1 Å². The zero-order valence-corrected chi connectivity index (χ0v) is 18.9. The number of rotatable bonds is 6. The van der Waals surface area contributed by atoms with Gasteiger partial charge in [0.25, 0.3) is 5.56 Å². The molecule has 1 atom stereocenters. The third-order valence-corrected chi connectivity index (χ3v) is 7.03. The van der Waals surface area contributed by atoms with Crippen LogP contribution in [0.2, 0.25) is 0 Å². The minimum atomic E-state index is -0.797. The number of esters is 1. The summed E-state index contributed by atoms with van der Waals surface area (Å²) in [4.78, 5) is 42.8. The van der Waals surface area contributed by atoms with E-state index in [0.717, 1.165) is 36.5 Å². The van der Waals surface area contributed by atoms with Gasteiger partial charge in [-0.05, 0) is 38.3 Å². The number of hydrogen-bond acceptors (Lipinski definition) is 6. The lowest BCUT2D eigenvalue weighted by molar-refractivity contribution is -0.146. The zero-order chi connectivity index (χ0) is 22.1. The average Bonchev–Trinajstić information content (AvgIpc) is 3.13. The highest BCUT2D eigenvalue weighted by atomic mass is 32.1. The molecular formula is C23H27N3O4S. The van der Waals surface area contributed by atoms with E-state index in [2.05, 4.69) is 17.0 Å². The van der Waals surface area contributed by atoms with Crippen LogP contribution < -0.4 is 11.2 Å². The number of carbonyl (C=O) groups excluding carboxylic acids is 1. The molecular weight excluding hydrogens is 414 g/mol. The van der Waals surface area contributed by atoms with Crippen molar-refractivity contribution in [2.45, 2.75) is 52.9 Å². The Hall–Kier alpha value is -2.71. The van der Waals surface area contributed by atoms with Gasteiger partial charge in [0.2, 0.25) is 0 Å². The fourth-order valence-corrected chi connectivity index (χ4v) is 5.69. The van der Waals surface area contributed by atoms with Crippen molar-refractivity contribution in [3.8, 4) is 0 Å². The molecule has 1 aliphatic heterocycles. The molecule has 0 amide bonds. The molecule has 0 saturated heterocycles. The molecule has 31 heavy (non-hydrogen) atoms. The Morgan fingerprint density at radius 1 is 1.19 bits per heavy atom. The average molecular weight is 442 g/mol. The van der Waals surface area contributed by atoms with Gasteiger partial charge in [-0.2, -0.15) is 0 Å². The maximum Gasteiger partial charge on any atom is 0.332 e. The summed E-state index contributed by atoms with van der Waals surface area (Å²) in [6.45, 7) is 8.06. The van der Waals surface area contributed by atoms with E-state index in [9.17, 15) is 14.4 Å². The van der Waals surface area contributed by atoms with Gasteiger partial charge < -0.3 is 4.74 Å². The molecule has 1 aromatic carbocycles. The van der Waals surface area contributed by atoms with E-state index in [4.69, 9.17) is 4.74 Å². The van der Waals surface area contributed by atoms with Crippen LogP contribution in [0.1, 0.15) is 42.8 Å². The van der Waals surface area contributed by atoms with Gasteiger partial charge in [-0.25, -0.2) is 9.59 Å². The molecule has 1 unspecified atom stereocenters. The molecule has 3 heterocycles. The highest BCUT2D eigenvalue weighted by Gasteiger charge is 2.29. The number of carbonyl (C=O) groups is 1. The summed E-state index contributed by atoms with van der Waals surface area (Å²) >= 11 is 1.45. The highest BCUT2D eigenvalue weighted by Crippen LogP contribution is 2.34. The molecule has 3 aromatic rings. The van der Waals surface area contributed by atoms with Crippen molar-refractivity contribution >= 4 is 27.5 Å². The number of fused-ring (bicyclic) bond motifs is 3. The SMILES string of the molecule is CCOC(=O)C(C)n1c(=O)n(CC)c(=O)c2c3c(sc21)CN(Cc1ccccc1)CC3. The Balaban J connectivity index is 1.81. The van der Waals surface area contributed by atoms with Gasteiger partial charge in [-0.1, -0.05) is 30.3 Å². The summed E-state index contributed by atoms with van der Waals surface area (Å²) < 4.78 is 7.83. The van der Waals surface area contributed by atoms with Crippen LogP contribution >= 0.6 is 11.3 Å². The standard InChI is InChI=1S/C23H27N3O4S/c1-4-25-20(27)19-17-11-12-24(13-16-9-7-6-8-10-16)14-18(17)31-21(19)26(23(25)29)15(3)22(28)30-5-2/h6-10,15H,4-5,11-14H2,1-3H3. The third kappa shape index (κ3) is 3.85. The van der Waals surface area contributed by atoms with E-state index >= 15 is 0 Å². The van der Waals surface area contributed by atoms with Gasteiger partial charge in [0.05, 0.1) is 12.0 Å². The topological polar surface area (TPSA) is 73.5 Å². The first-order chi connectivity index (χ1) is 15.0. The van der Waals surface area contributed by atoms with E-state index in [0.29, 0.717) is 10.2 Å². The predicted octanol–water partition coefficient (Wildman–Crippen LogP) is 2.93. The van der Waals surface area contributed by atoms with Crippen LogP contribution in [0.15, 0.2) is 39.9 Å². The van der Waals surface area contributed by atoms with Gasteiger partial charge in [-0.15, -0.1) is 11.3 Å². The quantitative estimate of drug-likeness (QED) is 0.550. The second-order valence-electron chi connectivity index (χ2n) is 7.76. The molecule has 2 aromatic heterocycles. The number of benzene rings is 1. The number of ether oxygens (including phenoxy) is 1. The predicted molar refractivity (Wildman–Crippen MR) is 122 cm³/mol. The molecule has 0 saturated carbocycles. The molecule has 1 aliphatic rings. The molecule has 164 valence electrons. The first kappa shape index (κ1) is 21.5. The lowest BCUT2D eigenvalue weighted by Gasteiger charge is -2.26. The second-order valence-corrected chi connectivity index (χ2v) is 8.84. The number of thiophene rings is 1. The largest absolute Gasteiger partial charge is 0.464 e. The van der Waals surface area contributed by atoms with Gasteiger partial charge >= 0.3 is 11.7 Å². The monoisotopic (exact) mass is 441 g/mol. The molecule has 0 aliphatic carbocycles. The Bertz CT molecular complexity index is 1230. The summed E-state index contributed by atoms with van der Waals surface area (Å²) in [6, 6.07) is 9.50. The van der Waals surface area contributed by atoms with Crippen molar-refractivity contribution in [2.75, 3.05) is 13.2 Å². The minimum absolute atomic E-state index is 0.240. The number of nitrogens with zero attached hydrogens (tertiary/aromatic N) is 3. The van der Waals surface area contributed by atoms with Crippen LogP contribution in [0.3, 0.4) is 0 Å². The van der Waals surface area contributed by atoms with E-state index in [1.54, 1.807) is 20.8 Å². The van der Waals surface area contributed by atoms with E-state index < -0.39 is 17.7 Å². The third-order valence-electron chi connectivity index (χ3n) is 5.81. The molecule has 0 N–H and O–H groups in total. The lowest BCUT2D eigenvalue weighted by atomic mass is 10.0. The van der Waals surface area contributed by atoms with Crippen molar-refractivity contribution in [3.05, 3.63) is 67.2 Å². The van der Waals surface area contributed by atoms with E-state index in [1.807, 2.05) is 18.2 Å². The Labute approximate surface area is 184 Å². The fourth-order valence-electron chi connectivity index (χ4n) is 4.24. The van der Waals surface area contributed by atoms with Crippen LogP contribution in [0, 0.1) is 0 Å². The van der Waals surface area contributed by atoms with E-state index in [1.165, 1.54) is 26.0 Å². The maximum absolute atomic E-state index is 13.2. The summed E-state index contributed by atoms with van der Waals surface area (Å²) in [5.41, 5.74) is 1.54. The highest BCUT2D eigenvalue weighted by molar-refractivity contribution is 7.18. The van der Waals surface area contributed by atoms with Crippen LogP contribution in [0.25, 0.3) is 10.2 Å². The van der Waals surface area contributed by atoms with Crippen molar-refractivity contribution < 1.29 is 9.53 Å². The van der Waals surface area contributed by atoms with Gasteiger partial charge in [0.1, 0.15) is 10.9 Å². The first-order valence-electron chi connectivity index (χ1n) is 10.7. The molecule has 7 nitrogen and oxygen atoms in total. The Kier molecular flexibility index (Phi) is 6.11. The summed E-state index contributed by atoms with van der Waals surface area (Å²) in [5, 5.41) is 0.581. The van der Waals surface area contributed by atoms with Crippen LogP contribution in [0.4, 0.5) is 0 Å². The smallest absolute Gasteiger partial charge is 0.332 e. The normalized spacial score (nSPS) is 15.1. The maximum atomic E-state index is 13.2. The molecule has 0 spiro atoms. The van der Waals surface area contributed by atoms with Crippen molar-refractivity contribution in [1.82, 2.24) is 14.0 Å². The zero-order valence-electron chi connectivity index (χ0n) is 18.1. The molecule has 0 radical (unpaired) electrons. The minimum Gasteiger partial charge on any atom is -0.464 e. The fraction of sp³-hybridized carbons (Fsp3) is 0.435. The summed E-state index contributed by atoms with van der Waals surface area (Å²) in [6.07, 6.45) is 0.743. The summed E-state index contributed by atoms with van der Waals surface area (Å²) in [7, 11) is 0. The molecule has 0 bridgehead atoms. The Morgan fingerprint density at radius 2 is 1.94 bits per heavy atom. The second kappa shape index (κ2) is 8.80. The van der Waals surface area contributed by atoms with Crippen molar-refractivity contribution in [2.24, 2.45) is 0 Å².